The molecule has 1 N–H and O–H groups in total. The third-order valence-corrected chi connectivity index (χ3v) is 2.89. The van der Waals surface area contributed by atoms with Crippen molar-refractivity contribution in [3.63, 3.8) is 0 Å². The summed E-state index contributed by atoms with van der Waals surface area (Å²) in [6.07, 6.45) is 0.804. The number of ether oxygens (including phenoxy) is 1. The van der Waals surface area contributed by atoms with Crippen LogP contribution in [0.25, 0.3) is 0 Å². The van der Waals surface area contributed by atoms with Crippen LogP contribution in [0.4, 0.5) is 0 Å². The van der Waals surface area contributed by atoms with E-state index in [4.69, 9.17) is 4.74 Å². The molecule has 1 amide bonds. The predicted octanol–water partition coefficient (Wildman–Crippen LogP) is 1.12. The van der Waals surface area contributed by atoms with Gasteiger partial charge in [0.2, 0.25) is 6.41 Å². The van der Waals surface area contributed by atoms with Crippen LogP contribution in [-0.2, 0) is 14.3 Å². The average molecular weight is 231 g/mol. The zero-order chi connectivity index (χ0) is 13.0. The van der Waals surface area contributed by atoms with Crippen LogP contribution in [0.2, 0.25) is 0 Å². The van der Waals surface area contributed by atoms with Gasteiger partial charge in [-0.3, -0.25) is 4.79 Å². The Morgan fingerprint density at radius 2 is 1.94 bits per heavy atom. The van der Waals surface area contributed by atoms with E-state index in [0.717, 1.165) is 0 Å². The number of rotatable bonds is 7. The fraction of sp³-hybridized carbons (Fsp3) is 0.818. The Bertz CT molecular complexity index is 265. The molecule has 0 aliphatic carbocycles. The normalized spacial score (nSPS) is 15.3. The van der Waals surface area contributed by atoms with Crippen LogP contribution < -0.4 is 0 Å². The van der Waals surface area contributed by atoms with Crippen LogP contribution in [0.1, 0.15) is 34.1 Å². The second kappa shape index (κ2) is 5.30. The number of amides is 1. The average Bonchev–Trinajstić information content (AvgIpc) is 2.18. The van der Waals surface area contributed by atoms with Crippen molar-refractivity contribution in [2.45, 2.75) is 45.3 Å². The molecule has 0 bridgehead atoms. The molecule has 0 aromatic carbocycles. The minimum Gasteiger partial charge on any atom is -0.480 e. The number of carboxylic acids is 1. The first-order valence-corrected chi connectivity index (χ1v) is 5.24. The van der Waals surface area contributed by atoms with Gasteiger partial charge in [0.05, 0.1) is 5.60 Å². The smallest absolute Gasteiger partial charge is 0.329 e. The van der Waals surface area contributed by atoms with Crippen LogP contribution in [0.15, 0.2) is 0 Å². The zero-order valence-corrected chi connectivity index (χ0v) is 10.6. The van der Waals surface area contributed by atoms with Gasteiger partial charge in [-0.25, -0.2) is 4.79 Å². The number of methoxy groups -OCH3 is 1. The summed E-state index contributed by atoms with van der Waals surface area (Å²) in [5.74, 6) is -1.02. The molecule has 0 fully saturated rings. The summed E-state index contributed by atoms with van der Waals surface area (Å²) >= 11 is 0. The van der Waals surface area contributed by atoms with E-state index < -0.39 is 17.1 Å². The minimum absolute atomic E-state index is 0.235. The molecule has 0 saturated carbocycles. The van der Waals surface area contributed by atoms with Crippen LogP contribution in [-0.4, -0.2) is 47.2 Å². The molecule has 0 aliphatic rings. The summed E-state index contributed by atoms with van der Waals surface area (Å²) in [6.45, 7) is 7.23. The van der Waals surface area contributed by atoms with Gasteiger partial charge in [-0.05, 0) is 27.7 Å². The Kier molecular flexibility index (Phi) is 4.93. The number of likely N-dealkylation sites (N-methyl/N-ethyl adjacent to an activating group) is 1. The summed E-state index contributed by atoms with van der Waals surface area (Å²) in [5, 5.41) is 9.27. The van der Waals surface area contributed by atoms with Gasteiger partial charge in [-0.1, -0.05) is 0 Å². The van der Waals surface area contributed by atoms with Crippen molar-refractivity contribution in [3.8, 4) is 0 Å². The first kappa shape index (κ1) is 14.9. The van der Waals surface area contributed by atoms with Gasteiger partial charge in [0, 0.05) is 20.1 Å². The lowest BCUT2D eigenvalue weighted by Gasteiger charge is -2.39. The van der Waals surface area contributed by atoms with Crippen LogP contribution in [0.5, 0.6) is 0 Å². The highest BCUT2D eigenvalue weighted by Crippen LogP contribution is 2.27. The fourth-order valence-electron chi connectivity index (χ4n) is 1.74. The van der Waals surface area contributed by atoms with Gasteiger partial charge in [-0.2, -0.15) is 0 Å². The molecule has 94 valence electrons. The molecule has 5 nitrogen and oxygen atoms in total. The van der Waals surface area contributed by atoms with Gasteiger partial charge in [-0.15, -0.1) is 0 Å². The number of nitrogens with zero attached hydrogens (tertiary/aromatic N) is 1. The lowest BCUT2D eigenvalue weighted by molar-refractivity contribution is -0.158. The largest absolute Gasteiger partial charge is 0.480 e. The molecule has 0 radical (unpaired) electrons. The molecule has 0 rings (SSSR count). The number of aliphatic carboxylic acids is 1. The van der Waals surface area contributed by atoms with Crippen molar-refractivity contribution >= 4 is 12.4 Å². The van der Waals surface area contributed by atoms with Gasteiger partial charge in [0.1, 0.15) is 5.54 Å². The fourth-order valence-corrected chi connectivity index (χ4v) is 1.74. The third kappa shape index (κ3) is 3.20. The van der Waals surface area contributed by atoms with Crippen molar-refractivity contribution in [1.82, 2.24) is 4.90 Å². The molecule has 1 unspecified atom stereocenters. The van der Waals surface area contributed by atoms with Crippen LogP contribution in [0, 0.1) is 0 Å². The van der Waals surface area contributed by atoms with E-state index in [2.05, 4.69) is 0 Å². The Hall–Kier alpha value is -1.10. The van der Waals surface area contributed by atoms with E-state index >= 15 is 0 Å². The monoisotopic (exact) mass is 231 g/mol. The minimum atomic E-state index is -1.24. The number of hydrogen-bond donors (Lipinski definition) is 1. The first-order valence-electron chi connectivity index (χ1n) is 5.24. The van der Waals surface area contributed by atoms with E-state index in [1.165, 1.54) is 18.9 Å². The predicted molar refractivity (Wildman–Crippen MR) is 60.2 cm³/mol. The highest BCUT2D eigenvalue weighted by Gasteiger charge is 2.43. The number of carboxylic acid groups (broad SMARTS) is 1. The van der Waals surface area contributed by atoms with Crippen molar-refractivity contribution in [2.75, 3.05) is 13.7 Å². The Labute approximate surface area is 96.4 Å². The summed E-state index contributed by atoms with van der Waals surface area (Å²) in [6, 6.07) is 0. The maximum atomic E-state index is 11.3. The molecule has 0 aliphatic heterocycles. The summed E-state index contributed by atoms with van der Waals surface area (Å²) in [4.78, 5) is 23.5. The van der Waals surface area contributed by atoms with Crippen LogP contribution >= 0.6 is 0 Å². The van der Waals surface area contributed by atoms with Crippen molar-refractivity contribution in [3.05, 3.63) is 0 Å². The zero-order valence-electron chi connectivity index (χ0n) is 10.6. The number of hydrogen-bond acceptors (Lipinski definition) is 3. The van der Waals surface area contributed by atoms with E-state index in [1.54, 1.807) is 20.8 Å². The maximum absolute atomic E-state index is 11.3. The lowest BCUT2D eigenvalue weighted by Crippen LogP contribution is -2.55. The lowest BCUT2D eigenvalue weighted by atomic mass is 9.86. The van der Waals surface area contributed by atoms with Crippen LogP contribution in [0.3, 0.4) is 0 Å². The topological polar surface area (TPSA) is 66.8 Å². The van der Waals surface area contributed by atoms with Crippen molar-refractivity contribution in [2.24, 2.45) is 0 Å². The molecule has 0 aromatic rings. The standard InChI is InChI=1S/C11H21NO4/c1-6-12(8-13)11(4,9(14)15)7-10(2,3)16-5/h8H,6-7H2,1-5H3,(H,14,15). The molecule has 0 aromatic heterocycles. The molecule has 1 atom stereocenters. The van der Waals surface area contributed by atoms with E-state index in [-0.39, 0.29) is 6.42 Å². The van der Waals surface area contributed by atoms with Gasteiger partial charge in [0.15, 0.2) is 0 Å². The molecule has 0 heterocycles. The molecule has 0 saturated heterocycles. The Morgan fingerprint density at radius 3 is 2.19 bits per heavy atom. The SMILES string of the molecule is CCN(C=O)C(C)(CC(C)(C)OC)C(=O)O. The van der Waals surface area contributed by atoms with Crippen molar-refractivity contribution < 1.29 is 19.4 Å². The highest BCUT2D eigenvalue weighted by molar-refractivity contribution is 5.81. The number of carbonyl (C=O) groups excluding carboxylic acids is 1. The second-order valence-corrected chi connectivity index (χ2v) is 4.61. The van der Waals surface area contributed by atoms with Crippen molar-refractivity contribution in [1.29, 1.82) is 0 Å². The highest BCUT2D eigenvalue weighted by atomic mass is 16.5. The van der Waals surface area contributed by atoms with E-state index in [1.807, 2.05) is 0 Å². The van der Waals surface area contributed by atoms with Gasteiger partial charge >= 0.3 is 5.97 Å². The molecule has 16 heavy (non-hydrogen) atoms. The van der Waals surface area contributed by atoms with E-state index in [9.17, 15) is 14.7 Å². The molecule has 0 spiro atoms. The van der Waals surface area contributed by atoms with Gasteiger partial charge in [0.25, 0.3) is 0 Å². The maximum Gasteiger partial charge on any atom is 0.329 e. The van der Waals surface area contributed by atoms with Gasteiger partial charge < -0.3 is 14.7 Å². The summed E-state index contributed by atoms with van der Waals surface area (Å²) < 4.78 is 5.22. The third-order valence-electron chi connectivity index (χ3n) is 2.89. The quantitative estimate of drug-likeness (QED) is 0.667. The number of carbonyl (C=O) groups is 2. The second-order valence-electron chi connectivity index (χ2n) is 4.61. The summed E-state index contributed by atoms with van der Waals surface area (Å²) in [5.41, 5.74) is -1.83. The Balaban J connectivity index is 5.11. The molecular formula is C11H21NO4. The molecular weight excluding hydrogens is 210 g/mol. The molecule has 5 heteroatoms. The Morgan fingerprint density at radius 1 is 1.44 bits per heavy atom. The van der Waals surface area contributed by atoms with E-state index in [0.29, 0.717) is 13.0 Å². The first-order chi connectivity index (χ1) is 7.23. The summed E-state index contributed by atoms with van der Waals surface area (Å²) in [7, 11) is 1.53.